The molecule has 0 bridgehead atoms. The molecule has 0 radical (unpaired) electrons. The number of aryl methyl sites for hydroxylation is 1. The topological polar surface area (TPSA) is 119 Å². The number of anilines is 2. The Kier molecular flexibility index (Phi) is 3.87. The van der Waals surface area contributed by atoms with Crippen molar-refractivity contribution >= 4 is 34.5 Å². The van der Waals surface area contributed by atoms with Crippen LogP contribution in [0.25, 0.3) is 11.1 Å². The van der Waals surface area contributed by atoms with E-state index in [1.807, 2.05) is 6.92 Å². The number of rotatable bonds is 5. The highest BCUT2D eigenvalue weighted by molar-refractivity contribution is 5.95. The van der Waals surface area contributed by atoms with Gasteiger partial charge in [0.25, 0.3) is 11.7 Å². The molecule has 0 aliphatic rings. The third kappa shape index (κ3) is 2.76. The van der Waals surface area contributed by atoms with Crippen molar-refractivity contribution in [3.63, 3.8) is 0 Å². The molecule has 2 N–H and O–H groups in total. The summed E-state index contributed by atoms with van der Waals surface area (Å²) < 4.78 is 5.58. The normalized spacial score (nSPS) is 10.7. The summed E-state index contributed by atoms with van der Waals surface area (Å²) in [7, 11) is 0. The highest BCUT2D eigenvalue weighted by Gasteiger charge is 2.17. The molecule has 0 fully saturated rings. The monoisotopic (exact) mass is 327 g/mol. The van der Waals surface area contributed by atoms with Crippen molar-refractivity contribution in [2.75, 3.05) is 5.32 Å². The van der Waals surface area contributed by atoms with E-state index in [0.29, 0.717) is 28.8 Å². The first-order valence-corrected chi connectivity index (χ1v) is 7.16. The maximum absolute atomic E-state index is 11.3. The fourth-order valence-electron chi connectivity index (χ4n) is 2.45. The molecule has 24 heavy (non-hydrogen) atoms. The molecular formula is C16H13N3O5. The van der Waals surface area contributed by atoms with Gasteiger partial charge in [0.2, 0.25) is 0 Å². The Hall–Kier alpha value is -3.42. The Bertz CT molecular complexity index is 931. The van der Waals surface area contributed by atoms with Crippen LogP contribution >= 0.6 is 0 Å². The van der Waals surface area contributed by atoms with Gasteiger partial charge in [-0.2, -0.15) is 4.98 Å². The van der Waals surface area contributed by atoms with Crippen LogP contribution < -0.4 is 5.32 Å². The van der Waals surface area contributed by atoms with Crippen LogP contribution in [0.1, 0.15) is 22.8 Å². The van der Waals surface area contributed by atoms with Gasteiger partial charge in [-0.25, -0.2) is 4.79 Å². The van der Waals surface area contributed by atoms with Crippen molar-refractivity contribution in [3.05, 3.63) is 57.6 Å². The molecule has 0 spiro atoms. The van der Waals surface area contributed by atoms with E-state index in [-0.39, 0.29) is 17.3 Å². The molecule has 8 nitrogen and oxygen atoms in total. The second-order valence-electron chi connectivity index (χ2n) is 5.05. The fraction of sp³-hybridized carbons (Fsp3) is 0.125. The number of non-ortho nitro benzene ring substituents is 1. The number of aromatic carboxylic acids is 1. The van der Waals surface area contributed by atoms with Gasteiger partial charge in [-0.1, -0.05) is 6.92 Å². The third-order valence-corrected chi connectivity index (χ3v) is 3.58. The zero-order valence-electron chi connectivity index (χ0n) is 12.6. The van der Waals surface area contributed by atoms with Gasteiger partial charge < -0.3 is 14.8 Å². The summed E-state index contributed by atoms with van der Waals surface area (Å²) in [4.78, 5) is 25.8. The molecule has 8 heteroatoms. The smallest absolute Gasteiger partial charge is 0.336 e. The van der Waals surface area contributed by atoms with Crippen molar-refractivity contribution in [3.8, 4) is 0 Å². The molecule has 0 atom stereocenters. The van der Waals surface area contributed by atoms with E-state index in [0.717, 1.165) is 0 Å². The SMILES string of the molecule is CCc1c(C(=O)O)ccc2oc(Nc3ccc([N+](=O)[O-])cc3)nc12. The number of nitrogens with one attached hydrogen (secondary N) is 1. The first-order valence-electron chi connectivity index (χ1n) is 7.16. The summed E-state index contributed by atoms with van der Waals surface area (Å²) in [6.45, 7) is 1.85. The highest BCUT2D eigenvalue weighted by Crippen LogP contribution is 2.28. The number of carboxylic acids is 1. The number of hydrogen-bond acceptors (Lipinski definition) is 6. The number of carboxylic acid groups (broad SMARTS) is 1. The average molecular weight is 327 g/mol. The zero-order chi connectivity index (χ0) is 17.3. The van der Waals surface area contributed by atoms with Crippen molar-refractivity contribution in [1.82, 2.24) is 4.98 Å². The van der Waals surface area contributed by atoms with Crippen LogP contribution in [0.3, 0.4) is 0 Å². The molecule has 0 aliphatic carbocycles. The van der Waals surface area contributed by atoms with Crippen LogP contribution in [-0.2, 0) is 6.42 Å². The summed E-state index contributed by atoms with van der Waals surface area (Å²) in [5.74, 6) is -1.01. The minimum absolute atomic E-state index is 0.0162. The van der Waals surface area contributed by atoms with Crippen molar-refractivity contribution in [1.29, 1.82) is 0 Å². The fourth-order valence-corrected chi connectivity index (χ4v) is 2.45. The number of aromatic nitrogens is 1. The van der Waals surface area contributed by atoms with Gasteiger partial charge in [-0.05, 0) is 36.2 Å². The maximum Gasteiger partial charge on any atom is 0.336 e. The quantitative estimate of drug-likeness (QED) is 0.541. The first-order chi connectivity index (χ1) is 11.5. The van der Waals surface area contributed by atoms with E-state index < -0.39 is 10.9 Å². The van der Waals surface area contributed by atoms with Gasteiger partial charge in [0, 0.05) is 17.8 Å². The van der Waals surface area contributed by atoms with Gasteiger partial charge in [0.1, 0.15) is 5.52 Å². The van der Waals surface area contributed by atoms with E-state index in [4.69, 9.17) is 4.42 Å². The van der Waals surface area contributed by atoms with Crippen LogP contribution in [0.5, 0.6) is 0 Å². The second-order valence-corrected chi connectivity index (χ2v) is 5.05. The Balaban J connectivity index is 1.96. The number of fused-ring (bicyclic) bond motifs is 1. The number of benzene rings is 2. The lowest BCUT2D eigenvalue weighted by Crippen LogP contribution is -2.02. The number of oxazole rings is 1. The van der Waals surface area contributed by atoms with Crippen LogP contribution in [0.2, 0.25) is 0 Å². The van der Waals surface area contributed by atoms with Crippen molar-refractivity contribution < 1.29 is 19.2 Å². The molecule has 3 aromatic rings. The second kappa shape index (κ2) is 5.99. The van der Waals surface area contributed by atoms with Crippen LogP contribution in [0.15, 0.2) is 40.8 Å². The Morgan fingerprint density at radius 1 is 1.29 bits per heavy atom. The van der Waals surface area contributed by atoms with Crippen molar-refractivity contribution in [2.24, 2.45) is 0 Å². The van der Waals surface area contributed by atoms with Gasteiger partial charge in [0.05, 0.1) is 10.5 Å². The summed E-state index contributed by atoms with van der Waals surface area (Å²) in [6, 6.07) is 9.05. The van der Waals surface area contributed by atoms with Crippen LogP contribution in [0, 0.1) is 10.1 Å². The van der Waals surface area contributed by atoms with Gasteiger partial charge in [-0.15, -0.1) is 0 Å². The lowest BCUT2D eigenvalue weighted by Gasteiger charge is -2.02. The Morgan fingerprint density at radius 3 is 2.58 bits per heavy atom. The maximum atomic E-state index is 11.3. The Labute approximate surface area is 135 Å². The summed E-state index contributed by atoms with van der Waals surface area (Å²) in [5.41, 5.74) is 2.31. The molecular weight excluding hydrogens is 314 g/mol. The molecule has 1 heterocycles. The van der Waals surface area contributed by atoms with Gasteiger partial charge >= 0.3 is 5.97 Å². The van der Waals surface area contributed by atoms with Gasteiger partial charge in [-0.3, -0.25) is 10.1 Å². The summed E-state index contributed by atoms with van der Waals surface area (Å²) >= 11 is 0. The predicted octanol–water partition coefficient (Wildman–Crippen LogP) is 3.74. The van der Waals surface area contributed by atoms with E-state index in [2.05, 4.69) is 10.3 Å². The number of hydrogen-bond donors (Lipinski definition) is 2. The van der Waals surface area contributed by atoms with E-state index in [1.54, 1.807) is 6.07 Å². The molecule has 0 unspecified atom stereocenters. The van der Waals surface area contributed by atoms with Crippen LogP contribution in [-0.4, -0.2) is 21.0 Å². The zero-order valence-corrected chi connectivity index (χ0v) is 12.6. The highest BCUT2D eigenvalue weighted by atomic mass is 16.6. The lowest BCUT2D eigenvalue weighted by atomic mass is 10.0. The number of nitrogens with zero attached hydrogens (tertiary/aromatic N) is 2. The molecule has 0 aliphatic heterocycles. The number of nitro groups is 1. The minimum Gasteiger partial charge on any atom is -0.478 e. The summed E-state index contributed by atoms with van der Waals surface area (Å²) in [5, 5.41) is 22.8. The molecule has 1 aromatic heterocycles. The van der Waals surface area contributed by atoms with Crippen LogP contribution in [0.4, 0.5) is 17.4 Å². The molecule has 0 amide bonds. The molecule has 122 valence electrons. The predicted molar refractivity (Wildman–Crippen MR) is 86.7 cm³/mol. The average Bonchev–Trinajstić information content (AvgIpc) is 2.96. The third-order valence-electron chi connectivity index (χ3n) is 3.58. The first kappa shape index (κ1) is 15.5. The number of nitro benzene ring substituents is 1. The molecule has 0 saturated heterocycles. The molecule has 3 rings (SSSR count). The van der Waals surface area contributed by atoms with Crippen molar-refractivity contribution in [2.45, 2.75) is 13.3 Å². The van der Waals surface area contributed by atoms with E-state index in [9.17, 15) is 20.0 Å². The standard InChI is InChI=1S/C16H13N3O5/c1-2-11-12(15(20)21)7-8-13-14(11)18-16(24-13)17-9-3-5-10(6-4-9)19(22)23/h3-8H,2H2,1H3,(H,17,18)(H,20,21). The molecule has 0 saturated carbocycles. The largest absolute Gasteiger partial charge is 0.478 e. The van der Waals surface area contributed by atoms with E-state index >= 15 is 0 Å². The van der Waals surface area contributed by atoms with Gasteiger partial charge in [0.15, 0.2) is 5.58 Å². The lowest BCUT2D eigenvalue weighted by molar-refractivity contribution is -0.384. The molecule has 2 aromatic carbocycles. The Morgan fingerprint density at radius 2 is 2.00 bits per heavy atom. The minimum atomic E-state index is -1.01. The van der Waals surface area contributed by atoms with E-state index in [1.165, 1.54) is 30.3 Å². The summed E-state index contributed by atoms with van der Waals surface area (Å²) in [6.07, 6.45) is 0.502. The number of carbonyl (C=O) groups is 1.